The summed E-state index contributed by atoms with van der Waals surface area (Å²) in [6.07, 6.45) is 2.62. The predicted molar refractivity (Wildman–Crippen MR) is 141 cm³/mol. The van der Waals surface area contributed by atoms with Crippen molar-refractivity contribution in [1.82, 2.24) is 20.7 Å². The summed E-state index contributed by atoms with van der Waals surface area (Å²) in [5.41, 5.74) is 11.5. The van der Waals surface area contributed by atoms with Gasteiger partial charge in [0.25, 0.3) is 5.97 Å². The number of hydrogen-bond donors (Lipinski definition) is 6. The number of methoxy groups -OCH3 is 2. The summed E-state index contributed by atoms with van der Waals surface area (Å²) < 4.78 is 10.8. The molecule has 0 saturated carbocycles. The van der Waals surface area contributed by atoms with E-state index in [4.69, 9.17) is 30.5 Å². The van der Waals surface area contributed by atoms with Gasteiger partial charge < -0.3 is 30.9 Å². The second kappa shape index (κ2) is 12.9. The van der Waals surface area contributed by atoms with Crippen LogP contribution in [0.3, 0.4) is 0 Å². The van der Waals surface area contributed by atoms with Gasteiger partial charge in [0, 0.05) is 37.7 Å². The summed E-state index contributed by atoms with van der Waals surface area (Å²) in [7, 11) is 3.22. The Hall–Kier alpha value is -4.91. The molecule has 2 unspecified atom stereocenters. The molecule has 200 valence electrons. The minimum atomic E-state index is -0.833. The van der Waals surface area contributed by atoms with E-state index in [0.29, 0.717) is 23.9 Å². The highest BCUT2D eigenvalue weighted by Crippen LogP contribution is 2.31. The summed E-state index contributed by atoms with van der Waals surface area (Å²) in [5.74, 6) is 0.146. The zero-order valence-electron chi connectivity index (χ0n) is 21.1. The maximum Gasteiger partial charge on any atom is 0.335 e. The number of carbonyl (C=O) groups is 2. The minimum Gasteiger partial charge on any atom is -0.497 e. The summed E-state index contributed by atoms with van der Waals surface area (Å²) in [4.78, 5) is 30.0. The lowest BCUT2D eigenvalue weighted by Crippen LogP contribution is -2.47. The molecule has 7 N–H and O–H groups in total. The molecule has 2 amide bonds. The number of carboxylic acid groups (broad SMARTS) is 1. The van der Waals surface area contributed by atoms with E-state index < -0.39 is 18.2 Å². The van der Waals surface area contributed by atoms with Crippen LogP contribution in [-0.4, -0.2) is 53.3 Å². The van der Waals surface area contributed by atoms with Crippen LogP contribution in [0.4, 0.5) is 16.4 Å². The summed E-state index contributed by atoms with van der Waals surface area (Å²) >= 11 is 0. The number of rotatable bonds is 9. The number of urea groups is 1. The van der Waals surface area contributed by atoms with Gasteiger partial charge in [-0.05, 0) is 53.6 Å². The number of benzene rings is 2. The van der Waals surface area contributed by atoms with Crippen LogP contribution >= 0.6 is 0 Å². The lowest BCUT2D eigenvalue weighted by molar-refractivity contribution is -0.134. The van der Waals surface area contributed by atoms with E-state index in [0.717, 1.165) is 23.7 Å². The summed E-state index contributed by atoms with van der Waals surface area (Å²) in [6, 6.07) is 13.8. The Morgan fingerprint density at radius 1 is 1.21 bits per heavy atom. The SMILES string of the molecule is CC(=O)O.COCc1cc(OC)cc(C(Nc2ccc(C(=N)N)cc2)C2NC(=O)NN2c2ncccn2)c1. The third kappa shape index (κ3) is 7.30. The summed E-state index contributed by atoms with van der Waals surface area (Å²) in [5, 5.41) is 23.1. The second-order valence-electron chi connectivity index (χ2n) is 8.13. The summed E-state index contributed by atoms with van der Waals surface area (Å²) in [6.45, 7) is 1.48. The fourth-order valence-electron chi connectivity index (χ4n) is 3.74. The average Bonchev–Trinajstić information content (AvgIpc) is 3.29. The molecule has 2 atom stereocenters. The van der Waals surface area contributed by atoms with E-state index in [1.165, 1.54) is 0 Å². The number of hydrogen-bond acceptors (Lipinski definition) is 9. The van der Waals surface area contributed by atoms with Crippen molar-refractivity contribution in [2.75, 3.05) is 24.5 Å². The van der Waals surface area contributed by atoms with Crippen molar-refractivity contribution < 1.29 is 24.2 Å². The van der Waals surface area contributed by atoms with Crippen molar-refractivity contribution in [3.05, 3.63) is 77.6 Å². The Labute approximate surface area is 219 Å². The second-order valence-corrected chi connectivity index (χ2v) is 8.13. The molecule has 1 aliphatic rings. The van der Waals surface area contributed by atoms with E-state index in [9.17, 15) is 4.79 Å². The number of carbonyl (C=O) groups excluding carboxylic acids is 1. The normalized spacial score (nSPS) is 14.9. The third-order valence-corrected chi connectivity index (χ3v) is 5.28. The first-order chi connectivity index (χ1) is 18.2. The number of aliphatic carboxylic acids is 1. The largest absolute Gasteiger partial charge is 0.497 e. The van der Waals surface area contributed by atoms with Gasteiger partial charge in [0.1, 0.15) is 11.6 Å². The molecule has 2 heterocycles. The molecule has 0 radical (unpaired) electrons. The van der Waals surface area contributed by atoms with Crippen molar-refractivity contribution in [3.63, 3.8) is 0 Å². The molecule has 2 aromatic carbocycles. The van der Waals surface area contributed by atoms with Crippen LogP contribution in [0.2, 0.25) is 0 Å². The van der Waals surface area contributed by atoms with Crippen molar-refractivity contribution in [2.45, 2.75) is 25.7 Å². The molecule has 0 aliphatic carbocycles. The van der Waals surface area contributed by atoms with Gasteiger partial charge >= 0.3 is 6.03 Å². The fraction of sp³-hybridized carbons (Fsp3) is 0.240. The van der Waals surface area contributed by atoms with Crippen LogP contribution in [-0.2, 0) is 16.1 Å². The molecule has 1 saturated heterocycles. The highest BCUT2D eigenvalue weighted by atomic mass is 16.5. The van der Waals surface area contributed by atoms with E-state index >= 15 is 0 Å². The van der Waals surface area contributed by atoms with Gasteiger partial charge in [-0.1, -0.05) is 6.07 Å². The molecule has 4 rings (SSSR count). The van der Waals surface area contributed by atoms with Crippen molar-refractivity contribution in [2.24, 2.45) is 5.73 Å². The first kappa shape index (κ1) is 27.7. The van der Waals surface area contributed by atoms with Crippen LogP contribution in [0.15, 0.2) is 60.9 Å². The molecule has 13 heteroatoms. The molecular formula is C25H30N8O5. The predicted octanol–water partition coefficient (Wildman–Crippen LogP) is 2.22. The number of amides is 2. The molecule has 1 aliphatic heterocycles. The Balaban J connectivity index is 0.000000934. The highest BCUT2D eigenvalue weighted by molar-refractivity contribution is 5.95. The van der Waals surface area contributed by atoms with Gasteiger partial charge in [-0.2, -0.15) is 0 Å². The Morgan fingerprint density at radius 2 is 1.87 bits per heavy atom. The van der Waals surface area contributed by atoms with Gasteiger partial charge in [-0.15, -0.1) is 0 Å². The number of carboxylic acids is 1. The Bertz CT molecular complexity index is 1250. The highest BCUT2D eigenvalue weighted by Gasteiger charge is 2.38. The molecular weight excluding hydrogens is 492 g/mol. The Morgan fingerprint density at radius 3 is 2.45 bits per heavy atom. The molecule has 0 bridgehead atoms. The monoisotopic (exact) mass is 522 g/mol. The third-order valence-electron chi connectivity index (χ3n) is 5.28. The zero-order valence-corrected chi connectivity index (χ0v) is 21.1. The molecule has 1 fully saturated rings. The number of aromatic nitrogens is 2. The maximum atomic E-state index is 12.4. The standard InChI is InChI=1S/C23H26N8O3.C2H4O2/c1-33-13-14-10-16(12-18(11-14)34-2)19(28-17-6-4-15(5-7-17)20(24)25)21-29-23(32)30-31(21)22-26-8-3-9-27-22;1-2(3)4/h3-12,19,21,28H,13H2,1-2H3,(H3,24,25)(H2,29,30,32);1H3,(H,3,4). The molecule has 1 aromatic heterocycles. The van der Waals surface area contributed by atoms with Crippen LogP contribution in [0.1, 0.15) is 29.7 Å². The van der Waals surface area contributed by atoms with Gasteiger partial charge in [-0.3, -0.25) is 10.2 Å². The van der Waals surface area contributed by atoms with E-state index in [1.54, 1.807) is 49.8 Å². The first-order valence-corrected chi connectivity index (χ1v) is 11.4. The number of nitrogens with two attached hydrogens (primary N) is 1. The fourth-order valence-corrected chi connectivity index (χ4v) is 3.74. The van der Waals surface area contributed by atoms with Crippen molar-refractivity contribution in [1.29, 1.82) is 5.41 Å². The smallest absolute Gasteiger partial charge is 0.335 e. The van der Waals surface area contributed by atoms with E-state index in [1.807, 2.05) is 30.3 Å². The lowest BCUT2D eigenvalue weighted by Gasteiger charge is -2.31. The van der Waals surface area contributed by atoms with Crippen molar-refractivity contribution in [3.8, 4) is 5.75 Å². The number of nitrogen functional groups attached to an aromatic ring is 1. The molecule has 0 spiro atoms. The number of anilines is 2. The number of nitrogens with zero attached hydrogens (tertiary/aromatic N) is 3. The first-order valence-electron chi connectivity index (χ1n) is 11.4. The quantitative estimate of drug-likeness (QED) is 0.180. The number of amidine groups is 1. The minimum absolute atomic E-state index is 0.0141. The van der Waals surface area contributed by atoms with Crippen LogP contribution in [0.25, 0.3) is 0 Å². The molecule has 38 heavy (non-hydrogen) atoms. The Kier molecular flexibility index (Phi) is 9.37. The van der Waals surface area contributed by atoms with Crippen LogP contribution in [0, 0.1) is 5.41 Å². The van der Waals surface area contributed by atoms with Gasteiger partial charge in [-0.25, -0.2) is 25.2 Å². The number of hydrazine groups is 1. The van der Waals surface area contributed by atoms with E-state index in [-0.39, 0.29) is 11.9 Å². The molecule has 13 nitrogen and oxygen atoms in total. The van der Waals surface area contributed by atoms with Crippen molar-refractivity contribution >= 4 is 29.5 Å². The van der Waals surface area contributed by atoms with E-state index in [2.05, 4.69) is 26.0 Å². The topological polar surface area (TPSA) is 188 Å². The molecule has 3 aromatic rings. The van der Waals surface area contributed by atoms with Gasteiger partial charge in [0.15, 0.2) is 6.17 Å². The number of ether oxygens (including phenoxy) is 2. The van der Waals surface area contributed by atoms with Gasteiger partial charge in [0.05, 0.1) is 19.8 Å². The van der Waals surface area contributed by atoms with Crippen LogP contribution < -0.4 is 31.5 Å². The maximum absolute atomic E-state index is 12.4. The lowest BCUT2D eigenvalue weighted by atomic mass is 10.00. The van der Waals surface area contributed by atoms with Gasteiger partial charge in [0.2, 0.25) is 5.95 Å². The zero-order chi connectivity index (χ0) is 27.7. The number of nitrogens with one attached hydrogen (secondary N) is 4. The average molecular weight is 523 g/mol. The van der Waals surface area contributed by atoms with Crippen LogP contribution in [0.5, 0.6) is 5.75 Å².